The van der Waals surface area contributed by atoms with Crippen molar-refractivity contribution in [2.75, 3.05) is 9.80 Å². The molecule has 0 fully saturated rings. The molecule has 76 heavy (non-hydrogen) atoms. The van der Waals surface area contributed by atoms with Gasteiger partial charge in [0.2, 0.25) is 0 Å². The highest BCUT2D eigenvalue weighted by atomic mass is 19.1. The van der Waals surface area contributed by atoms with Gasteiger partial charge in [0.15, 0.2) is 0 Å². The van der Waals surface area contributed by atoms with Gasteiger partial charge in [-0.3, -0.25) is 0 Å². The zero-order valence-electron chi connectivity index (χ0n) is 40.4. The lowest BCUT2D eigenvalue weighted by molar-refractivity contribution is 0.629. The molecule has 354 valence electrons. The first-order valence-corrected chi connectivity index (χ1v) is 24.4. The van der Waals surface area contributed by atoms with Crippen molar-refractivity contribution in [2.45, 2.75) is 0 Å². The van der Waals surface area contributed by atoms with E-state index in [1.807, 2.05) is 143 Å². The van der Waals surface area contributed by atoms with Crippen LogP contribution in [-0.4, -0.2) is 0 Å². The quantitative estimate of drug-likeness (QED) is 0.127. The Labute approximate surface area is 437 Å². The summed E-state index contributed by atoms with van der Waals surface area (Å²) in [7, 11) is 0. The zero-order chi connectivity index (χ0) is 51.9. The average molecular weight is 977 g/mol. The second-order valence-corrected chi connectivity index (χ2v) is 18.4. The number of nitriles is 4. The standard InChI is InChI=1S/C68H38F2N6/c69-61-35-57(49-15-7-11-43(31-49)39-71)59(51-17-9-13-45(33-51)41-73)37-65(61)75(53-19-3-1-4-20-53)63-29-25-47-24-28-56-64(30-26-48-23-27-55(63)67(47)68(48)56)76(54-21-5-2-6-22-54)66-38-60(52-18-10-14-46(34-52)42-74)58(36-62(66)70)50-16-8-12-44(32-50)40-72/h1-38H. The first kappa shape index (κ1) is 46.2. The summed E-state index contributed by atoms with van der Waals surface area (Å²) in [6.45, 7) is 0. The number of benzene rings is 12. The largest absolute Gasteiger partial charge is 0.307 e. The van der Waals surface area contributed by atoms with Crippen LogP contribution in [0.1, 0.15) is 22.3 Å². The normalized spacial score (nSPS) is 11.0. The molecule has 0 heterocycles. The number of hydrogen-bond donors (Lipinski definition) is 0. The van der Waals surface area contributed by atoms with Gasteiger partial charge in [-0.15, -0.1) is 0 Å². The molecule has 0 atom stereocenters. The van der Waals surface area contributed by atoms with Gasteiger partial charge in [0, 0.05) is 22.1 Å². The van der Waals surface area contributed by atoms with Crippen LogP contribution in [0.25, 0.3) is 76.8 Å². The summed E-state index contributed by atoms with van der Waals surface area (Å²) in [4.78, 5) is 3.86. The second-order valence-electron chi connectivity index (χ2n) is 18.4. The van der Waals surface area contributed by atoms with E-state index in [1.54, 1.807) is 60.7 Å². The molecule has 0 saturated carbocycles. The van der Waals surface area contributed by atoms with Crippen molar-refractivity contribution in [3.8, 4) is 68.8 Å². The Morgan fingerprint density at radius 1 is 0.289 bits per heavy atom. The summed E-state index contributed by atoms with van der Waals surface area (Å²) in [5.41, 5.74) is 10.3. The van der Waals surface area contributed by atoms with Gasteiger partial charge in [-0.05, 0) is 175 Å². The summed E-state index contributed by atoms with van der Waals surface area (Å²) in [6, 6.07) is 79.9. The van der Waals surface area contributed by atoms with Crippen LogP contribution in [0.4, 0.5) is 42.9 Å². The summed E-state index contributed by atoms with van der Waals surface area (Å²) < 4.78 is 35.2. The summed E-state index contributed by atoms with van der Waals surface area (Å²) in [6.07, 6.45) is 0. The maximum atomic E-state index is 17.6. The van der Waals surface area contributed by atoms with Gasteiger partial charge in [0.25, 0.3) is 0 Å². The molecule has 0 aliphatic rings. The fraction of sp³-hybridized carbons (Fsp3) is 0. The Hall–Kier alpha value is -10.9. The van der Waals surface area contributed by atoms with E-state index in [2.05, 4.69) is 48.5 Å². The lowest BCUT2D eigenvalue weighted by Crippen LogP contribution is -2.13. The van der Waals surface area contributed by atoms with Crippen LogP contribution < -0.4 is 9.80 Å². The topological polar surface area (TPSA) is 102 Å². The van der Waals surface area contributed by atoms with Crippen molar-refractivity contribution in [3.63, 3.8) is 0 Å². The predicted molar refractivity (Wildman–Crippen MR) is 300 cm³/mol. The number of anilines is 6. The van der Waals surface area contributed by atoms with E-state index < -0.39 is 11.6 Å². The molecule has 0 spiro atoms. The Morgan fingerprint density at radius 2 is 0.605 bits per heavy atom. The van der Waals surface area contributed by atoms with Crippen LogP contribution in [0.3, 0.4) is 0 Å². The summed E-state index contributed by atoms with van der Waals surface area (Å²) in [5, 5.41) is 45.1. The van der Waals surface area contributed by atoms with Crippen LogP contribution in [-0.2, 0) is 0 Å². The number of halogens is 2. The zero-order valence-corrected chi connectivity index (χ0v) is 40.4. The Bertz CT molecular complexity index is 4160. The van der Waals surface area contributed by atoms with E-state index >= 15 is 8.78 Å². The van der Waals surface area contributed by atoms with Crippen molar-refractivity contribution < 1.29 is 8.78 Å². The molecule has 0 aromatic heterocycles. The maximum Gasteiger partial charge on any atom is 0.147 e. The molecule has 12 aromatic carbocycles. The van der Waals surface area contributed by atoms with Gasteiger partial charge in [-0.25, -0.2) is 8.78 Å². The summed E-state index contributed by atoms with van der Waals surface area (Å²) in [5.74, 6) is -1.00. The molecule has 12 rings (SSSR count). The third-order valence-corrected chi connectivity index (χ3v) is 14.0. The Morgan fingerprint density at radius 3 is 0.934 bits per heavy atom. The molecular formula is C68H38F2N6. The Kier molecular flexibility index (Phi) is 11.7. The molecule has 0 bridgehead atoms. The van der Waals surface area contributed by atoms with Crippen LogP contribution >= 0.6 is 0 Å². The van der Waals surface area contributed by atoms with Crippen LogP contribution in [0.5, 0.6) is 0 Å². The minimum atomic E-state index is -0.502. The molecule has 12 aromatic rings. The molecular weight excluding hydrogens is 939 g/mol. The third-order valence-electron chi connectivity index (χ3n) is 14.0. The SMILES string of the molecule is N#Cc1cccc(-c2cc(F)c(N(c3ccccc3)c3ccc4ccc5c(N(c6ccccc6)c6cc(-c7cccc(C#N)c7)c(-c7cccc(C#N)c7)cc6F)ccc6ccc3c4c65)cc2-c2cccc(C#N)c2)c1. The lowest BCUT2D eigenvalue weighted by atomic mass is 9.90. The molecule has 0 N–H and O–H groups in total. The van der Waals surface area contributed by atoms with E-state index in [0.717, 1.165) is 32.3 Å². The molecule has 6 nitrogen and oxygen atoms in total. The fourth-order valence-corrected chi connectivity index (χ4v) is 10.6. The molecule has 0 radical (unpaired) electrons. The Balaban J connectivity index is 1.09. The second kappa shape index (κ2) is 19.3. The fourth-order valence-electron chi connectivity index (χ4n) is 10.6. The van der Waals surface area contributed by atoms with Gasteiger partial charge >= 0.3 is 0 Å². The number of para-hydroxylation sites is 2. The molecule has 0 amide bonds. The van der Waals surface area contributed by atoms with Crippen LogP contribution in [0.2, 0.25) is 0 Å². The molecule has 0 aliphatic heterocycles. The van der Waals surface area contributed by atoms with Crippen molar-refractivity contribution in [3.05, 3.63) is 264 Å². The minimum absolute atomic E-state index is 0.268. The van der Waals surface area contributed by atoms with E-state index in [-0.39, 0.29) is 11.4 Å². The van der Waals surface area contributed by atoms with E-state index in [0.29, 0.717) is 89.5 Å². The molecule has 8 heteroatoms. The van der Waals surface area contributed by atoms with Crippen molar-refractivity contribution in [1.29, 1.82) is 21.0 Å². The first-order chi connectivity index (χ1) is 37.3. The highest BCUT2D eigenvalue weighted by Crippen LogP contribution is 2.50. The van der Waals surface area contributed by atoms with Gasteiger partial charge in [-0.1, -0.05) is 121 Å². The van der Waals surface area contributed by atoms with Crippen molar-refractivity contribution in [2.24, 2.45) is 0 Å². The first-order valence-electron chi connectivity index (χ1n) is 24.4. The molecule has 0 saturated heterocycles. The van der Waals surface area contributed by atoms with Crippen molar-refractivity contribution >= 4 is 66.4 Å². The molecule has 0 unspecified atom stereocenters. The minimum Gasteiger partial charge on any atom is -0.307 e. The number of hydrogen-bond acceptors (Lipinski definition) is 6. The average Bonchev–Trinajstić information content (AvgIpc) is 3.53. The van der Waals surface area contributed by atoms with Gasteiger partial charge < -0.3 is 9.80 Å². The number of rotatable bonds is 10. The van der Waals surface area contributed by atoms with E-state index in [4.69, 9.17) is 0 Å². The van der Waals surface area contributed by atoms with Crippen LogP contribution in [0, 0.1) is 57.0 Å². The van der Waals surface area contributed by atoms with Gasteiger partial charge in [0.1, 0.15) is 11.6 Å². The van der Waals surface area contributed by atoms with Crippen molar-refractivity contribution in [1.82, 2.24) is 0 Å². The monoisotopic (exact) mass is 976 g/mol. The highest BCUT2D eigenvalue weighted by Gasteiger charge is 2.27. The smallest absolute Gasteiger partial charge is 0.147 e. The van der Waals surface area contributed by atoms with E-state index in [9.17, 15) is 21.0 Å². The third kappa shape index (κ3) is 8.12. The van der Waals surface area contributed by atoms with E-state index in [1.165, 1.54) is 12.1 Å². The summed E-state index contributed by atoms with van der Waals surface area (Å²) >= 11 is 0. The van der Waals surface area contributed by atoms with Gasteiger partial charge in [0.05, 0.1) is 69.3 Å². The van der Waals surface area contributed by atoms with Crippen LogP contribution in [0.15, 0.2) is 231 Å². The highest BCUT2D eigenvalue weighted by molar-refractivity contribution is 6.28. The lowest BCUT2D eigenvalue weighted by Gasteiger charge is -2.30. The molecule has 0 aliphatic carbocycles. The predicted octanol–water partition coefficient (Wildman–Crippen LogP) is 18.0. The van der Waals surface area contributed by atoms with Gasteiger partial charge in [-0.2, -0.15) is 21.0 Å². The number of nitrogens with zero attached hydrogens (tertiary/aromatic N) is 6. The maximum absolute atomic E-state index is 17.6.